The lowest BCUT2D eigenvalue weighted by molar-refractivity contribution is -0.173. The number of benzene rings is 1. The summed E-state index contributed by atoms with van der Waals surface area (Å²) in [7, 11) is 1.32. The SMILES string of the molecule is COC(=O)[C@@]1(C)CC[C@@](C)(NC(C)=O)C(=O)N1[C@H](C)c1ccccc1. The third-order valence-electron chi connectivity index (χ3n) is 5.08. The summed E-state index contributed by atoms with van der Waals surface area (Å²) in [5, 5.41) is 2.76. The Morgan fingerprint density at radius 1 is 1.20 bits per heavy atom. The molecule has 1 aliphatic rings. The van der Waals surface area contributed by atoms with E-state index in [9.17, 15) is 14.4 Å². The van der Waals surface area contributed by atoms with Gasteiger partial charge in [-0.05, 0) is 39.2 Å². The molecule has 1 aromatic rings. The summed E-state index contributed by atoms with van der Waals surface area (Å²) in [6.45, 7) is 6.70. The normalized spacial score (nSPS) is 27.6. The number of likely N-dealkylation sites (tertiary alicyclic amines) is 1. The zero-order chi connectivity index (χ0) is 18.8. The number of carbonyl (C=O) groups is 3. The first-order chi connectivity index (χ1) is 11.7. The fourth-order valence-electron chi connectivity index (χ4n) is 3.62. The first-order valence-corrected chi connectivity index (χ1v) is 8.41. The van der Waals surface area contributed by atoms with Gasteiger partial charge >= 0.3 is 5.97 Å². The molecule has 0 aliphatic carbocycles. The zero-order valence-electron chi connectivity index (χ0n) is 15.5. The van der Waals surface area contributed by atoms with Gasteiger partial charge in [-0.3, -0.25) is 9.59 Å². The molecule has 2 rings (SSSR count). The maximum Gasteiger partial charge on any atom is 0.331 e. The van der Waals surface area contributed by atoms with Gasteiger partial charge in [0.05, 0.1) is 13.2 Å². The third kappa shape index (κ3) is 3.38. The number of hydrogen-bond acceptors (Lipinski definition) is 4. The molecule has 2 amide bonds. The van der Waals surface area contributed by atoms with Crippen LogP contribution in [0.4, 0.5) is 0 Å². The Morgan fingerprint density at radius 2 is 1.80 bits per heavy atom. The molecule has 1 aromatic carbocycles. The van der Waals surface area contributed by atoms with Gasteiger partial charge in [0.15, 0.2) is 0 Å². The van der Waals surface area contributed by atoms with Crippen molar-refractivity contribution in [2.24, 2.45) is 0 Å². The highest BCUT2D eigenvalue weighted by atomic mass is 16.5. The summed E-state index contributed by atoms with van der Waals surface area (Å²) in [6, 6.07) is 9.17. The molecule has 0 radical (unpaired) electrons. The molecule has 0 aromatic heterocycles. The van der Waals surface area contributed by atoms with Crippen LogP contribution in [-0.2, 0) is 19.1 Å². The van der Waals surface area contributed by atoms with Gasteiger partial charge in [0.25, 0.3) is 0 Å². The predicted molar refractivity (Wildman–Crippen MR) is 93.6 cm³/mol. The van der Waals surface area contributed by atoms with Crippen molar-refractivity contribution in [2.45, 2.75) is 57.7 Å². The second-order valence-electron chi connectivity index (χ2n) is 7.04. The molecule has 6 nitrogen and oxygen atoms in total. The van der Waals surface area contributed by atoms with E-state index in [-0.39, 0.29) is 17.9 Å². The Morgan fingerprint density at radius 3 is 2.32 bits per heavy atom. The summed E-state index contributed by atoms with van der Waals surface area (Å²) in [6.07, 6.45) is 0.772. The van der Waals surface area contributed by atoms with Gasteiger partial charge in [-0.2, -0.15) is 0 Å². The van der Waals surface area contributed by atoms with E-state index in [1.54, 1.807) is 18.7 Å². The van der Waals surface area contributed by atoms with Crippen LogP contribution in [-0.4, -0.2) is 40.9 Å². The van der Waals surface area contributed by atoms with E-state index in [1.165, 1.54) is 14.0 Å². The molecule has 1 fully saturated rings. The van der Waals surface area contributed by atoms with E-state index in [0.29, 0.717) is 12.8 Å². The Balaban J connectivity index is 2.50. The third-order valence-corrected chi connectivity index (χ3v) is 5.08. The summed E-state index contributed by atoms with van der Waals surface area (Å²) >= 11 is 0. The van der Waals surface area contributed by atoms with Crippen LogP contribution in [0.5, 0.6) is 0 Å². The van der Waals surface area contributed by atoms with Crippen molar-refractivity contribution in [3.63, 3.8) is 0 Å². The van der Waals surface area contributed by atoms with Crippen molar-refractivity contribution in [1.82, 2.24) is 10.2 Å². The Bertz CT molecular complexity index is 675. The Hall–Kier alpha value is -2.37. The molecule has 1 aliphatic heterocycles. The van der Waals surface area contributed by atoms with E-state index in [2.05, 4.69) is 5.32 Å². The molecule has 3 atom stereocenters. The highest BCUT2D eigenvalue weighted by Gasteiger charge is 2.55. The number of amides is 2. The summed E-state index contributed by atoms with van der Waals surface area (Å²) in [5.41, 5.74) is -1.21. The van der Waals surface area contributed by atoms with Crippen LogP contribution >= 0.6 is 0 Å². The van der Waals surface area contributed by atoms with Crippen molar-refractivity contribution in [1.29, 1.82) is 0 Å². The van der Waals surface area contributed by atoms with Gasteiger partial charge < -0.3 is 15.0 Å². The van der Waals surface area contributed by atoms with Crippen molar-refractivity contribution in [3.05, 3.63) is 35.9 Å². The maximum absolute atomic E-state index is 13.3. The van der Waals surface area contributed by atoms with Gasteiger partial charge in [0, 0.05) is 6.92 Å². The average molecular weight is 346 g/mol. The van der Waals surface area contributed by atoms with Gasteiger partial charge in [0.2, 0.25) is 11.8 Å². The molecule has 1 heterocycles. The molecule has 25 heavy (non-hydrogen) atoms. The fourth-order valence-corrected chi connectivity index (χ4v) is 3.62. The minimum Gasteiger partial charge on any atom is -0.467 e. The van der Waals surface area contributed by atoms with Gasteiger partial charge in [-0.15, -0.1) is 0 Å². The van der Waals surface area contributed by atoms with Gasteiger partial charge in [0.1, 0.15) is 11.1 Å². The van der Waals surface area contributed by atoms with Crippen molar-refractivity contribution < 1.29 is 19.1 Å². The minimum absolute atomic E-state index is 0.273. The van der Waals surface area contributed by atoms with E-state index >= 15 is 0 Å². The number of rotatable bonds is 4. The van der Waals surface area contributed by atoms with Crippen LogP contribution in [0.2, 0.25) is 0 Å². The number of methoxy groups -OCH3 is 1. The Kier molecular flexibility index (Phi) is 5.20. The second kappa shape index (κ2) is 6.86. The van der Waals surface area contributed by atoms with E-state index in [0.717, 1.165) is 5.56 Å². The summed E-state index contributed by atoms with van der Waals surface area (Å²) in [4.78, 5) is 39.0. The van der Waals surface area contributed by atoms with E-state index in [1.807, 2.05) is 37.3 Å². The van der Waals surface area contributed by atoms with Gasteiger partial charge in [-0.1, -0.05) is 30.3 Å². The predicted octanol–water partition coefficient (Wildman–Crippen LogP) is 2.20. The van der Waals surface area contributed by atoms with Crippen LogP contribution in [0.3, 0.4) is 0 Å². The molecular formula is C19H26N2O4. The van der Waals surface area contributed by atoms with Crippen molar-refractivity contribution in [2.75, 3.05) is 7.11 Å². The smallest absolute Gasteiger partial charge is 0.331 e. The van der Waals surface area contributed by atoms with Crippen LogP contribution in [0.25, 0.3) is 0 Å². The van der Waals surface area contributed by atoms with Crippen LogP contribution in [0.1, 0.15) is 52.1 Å². The lowest BCUT2D eigenvalue weighted by atomic mass is 9.77. The average Bonchev–Trinajstić information content (AvgIpc) is 2.58. The lowest BCUT2D eigenvalue weighted by Crippen LogP contribution is -2.69. The van der Waals surface area contributed by atoms with Crippen molar-refractivity contribution in [3.8, 4) is 0 Å². The standard InChI is InChI=1S/C19H26N2O4/c1-13(15-9-7-6-8-10-15)21-16(23)18(3,20-14(2)22)11-12-19(21,4)17(24)25-5/h6-10,13H,11-12H2,1-5H3,(H,20,22)/t13-,18-,19-/m1/s1. The molecule has 0 spiro atoms. The topological polar surface area (TPSA) is 75.7 Å². The summed E-state index contributed by atoms with van der Waals surface area (Å²) < 4.78 is 4.99. The summed E-state index contributed by atoms with van der Waals surface area (Å²) in [5.74, 6) is -1.00. The molecule has 1 saturated heterocycles. The molecule has 0 unspecified atom stereocenters. The molecule has 6 heteroatoms. The molecule has 1 N–H and O–H groups in total. The number of carbonyl (C=O) groups excluding carboxylic acids is 3. The van der Waals surface area contributed by atoms with Gasteiger partial charge in [-0.25, -0.2) is 4.79 Å². The maximum atomic E-state index is 13.3. The number of ether oxygens (including phenoxy) is 1. The highest BCUT2D eigenvalue weighted by Crippen LogP contribution is 2.40. The molecule has 0 saturated carbocycles. The monoisotopic (exact) mass is 346 g/mol. The first-order valence-electron chi connectivity index (χ1n) is 8.41. The zero-order valence-corrected chi connectivity index (χ0v) is 15.5. The van der Waals surface area contributed by atoms with E-state index in [4.69, 9.17) is 4.74 Å². The first kappa shape index (κ1) is 19.0. The van der Waals surface area contributed by atoms with E-state index < -0.39 is 17.0 Å². The number of nitrogens with zero attached hydrogens (tertiary/aromatic N) is 1. The van der Waals surface area contributed by atoms with Crippen LogP contribution in [0, 0.1) is 0 Å². The molecular weight excluding hydrogens is 320 g/mol. The van der Waals surface area contributed by atoms with Crippen LogP contribution < -0.4 is 5.32 Å². The number of piperidine rings is 1. The second-order valence-corrected chi connectivity index (χ2v) is 7.04. The quantitative estimate of drug-likeness (QED) is 0.848. The lowest BCUT2D eigenvalue weighted by Gasteiger charge is -2.51. The molecule has 0 bridgehead atoms. The Labute approximate surface area is 148 Å². The number of hydrogen-bond donors (Lipinski definition) is 1. The highest BCUT2D eigenvalue weighted by molar-refractivity contribution is 5.96. The van der Waals surface area contributed by atoms with Crippen molar-refractivity contribution >= 4 is 17.8 Å². The number of nitrogens with one attached hydrogen (secondary N) is 1. The minimum atomic E-state index is -1.08. The fraction of sp³-hybridized carbons (Fsp3) is 0.526. The number of esters is 1. The largest absolute Gasteiger partial charge is 0.467 e. The molecule has 136 valence electrons. The van der Waals surface area contributed by atoms with Crippen LogP contribution in [0.15, 0.2) is 30.3 Å².